The molecule has 106 valence electrons. The van der Waals surface area contributed by atoms with Crippen molar-refractivity contribution in [2.45, 2.75) is 19.4 Å². The summed E-state index contributed by atoms with van der Waals surface area (Å²) < 4.78 is 0. The van der Waals surface area contributed by atoms with Gasteiger partial charge in [0.25, 0.3) is 0 Å². The number of para-hydroxylation sites is 1. The summed E-state index contributed by atoms with van der Waals surface area (Å²) in [4.78, 5) is 13.5. The van der Waals surface area contributed by atoms with Crippen molar-refractivity contribution in [3.8, 4) is 0 Å². The molecule has 0 radical (unpaired) electrons. The first-order valence-electron chi connectivity index (χ1n) is 7.06. The monoisotopic (exact) mass is 290 g/mol. The molecule has 5 heteroatoms. The molecule has 0 saturated carbocycles. The van der Waals surface area contributed by atoms with Crippen LogP contribution in [0, 0.1) is 0 Å². The predicted molar refractivity (Wildman–Crippen MR) is 83.5 cm³/mol. The van der Waals surface area contributed by atoms with Crippen molar-refractivity contribution in [2.24, 2.45) is 0 Å². The van der Waals surface area contributed by atoms with Crippen molar-refractivity contribution < 1.29 is 0 Å². The highest BCUT2D eigenvalue weighted by molar-refractivity contribution is 6.28. The lowest BCUT2D eigenvalue weighted by Gasteiger charge is -2.40. The van der Waals surface area contributed by atoms with Crippen LogP contribution in [0.5, 0.6) is 0 Å². The fourth-order valence-corrected chi connectivity index (χ4v) is 3.02. The molecule has 0 aliphatic carbocycles. The number of hydrogen-bond donors (Lipinski definition) is 0. The molecule has 1 aliphatic heterocycles. The minimum atomic E-state index is 0.325. The van der Waals surface area contributed by atoms with Crippen LogP contribution < -0.4 is 4.90 Å². The Labute approximate surface area is 124 Å². The quantitative estimate of drug-likeness (QED) is 0.796. The maximum atomic E-state index is 6.08. The van der Waals surface area contributed by atoms with Crippen LogP contribution >= 0.6 is 11.6 Å². The summed E-state index contributed by atoms with van der Waals surface area (Å²) in [6, 6.07) is 8.63. The summed E-state index contributed by atoms with van der Waals surface area (Å²) in [5.41, 5.74) is 0.912. The third-order valence-corrected chi connectivity index (χ3v) is 4.27. The Morgan fingerprint density at radius 1 is 1.25 bits per heavy atom. The maximum Gasteiger partial charge on any atom is 0.224 e. The first kappa shape index (κ1) is 13.6. The number of halogens is 1. The van der Waals surface area contributed by atoms with Gasteiger partial charge in [0.15, 0.2) is 0 Å². The third kappa shape index (κ3) is 2.45. The van der Waals surface area contributed by atoms with E-state index in [2.05, 4.69) is 39.8 Å². The molecule has 0 amide bonds. The van der Waals surface area contributed by atoms with Crippen molar-refractivity contribution in [1.29, 1.82) is 0 Å². The summed E-state index contributed by atoms with van der Waals surface area (Å²) in [5.74, 6) is 0.965. The van der Waals surface area contributed by atoms with Gasteiger partial charge in [0.05, 0.1) is 5.52 Å². The van der Waals surface area contributed by atoms with E-state index in [1.54, 1.807) is 0 Å². The lowest BCUT2D eigenvalue weighted by atomic mass is 10.1. The number of piperazine rings is 1. The van der Waals surface area contributed by atoms with Gasteiger partial charge in [0.2, 0.25) is 5.28 Å². The molecule has 1 aromatic carbocycles. The van der Waals surface area contributed by atoms with Crippen molar-refractivity contribution in [3.63, 3.8) is 0 Å². The highest BCUT2D eigenvalue weighted by Gasteiger charge is 2.25. The SMILES string of the molecule is CCC1CN(c2nc(Cl)nc3ccccc23)CCN1C. The summed E-state index contributed by atoms with van der Waals surface area (Å²) in [7, 11) is 2.19. The average Bonchev–Trinajstić information content (AvgIpc) is 2.47. The van der Waals surface area contributed by atoms with Crippen LogP contribution in [0.3, 0.4) is 0 Å². The lowest BCUT2D eigenvalue weighted by molar-refractivity contribution is 0.213. The minimum Gasteiger partial charge on any atom is -0.353 e. The standard InChI is InChI=1S/C15H19ClN4/c1-3-11-10-20(9-8-19(11)2)14-12-6-4-5-7-13(12)17-15(16)18-14/h4-7,11H,3,8-10H2,1-2H3. The highest BCUT2D eigenvalue weighted by Crippen LogP contribution is 2.27. The second-order valence-corrected chi connectivity index (χ2v) is 5.66. The third-order valence-electron chi connectivity index (χ3n) is 4.10. The number of rotatable bonds is 2. The van der Waals surface area contributed by atoms with Crippen LogP contribution in [-0.4, -0.2) is 47.6 Å². The molecule has 1 fully saturated rings. The molecular weight excluding hydrogens is 272 g/mol. The van der Waals surface area contributed by atoms with Gasteiger partial charge >= 0.3 is 0 Å². The van der Waals surface area contributed by atoms with Gasteiger partial charge in [-0.15, -0.1) is 0 Å². The van der Waals surface area contributed by atoms with Gasteiger partial charge < -0.3 is 4.90 Å². The topological polar surface area (TPSA) is 32.3 Å². The molecule has 0 N–H and O–H groups in total. The normalized spacial score (nSPS) is 20.6. The molecule has 2 heterocycles. The Bertz CT molecular complexity index is 616. The summed E-state index contributed by atoms with van der Waals surface area (Å²) >= 11 is 6.08. The lowest BCUT2D eigenvalue weighted by Crippen LogP contribution is -2.51. The zero-order valence-electron chi connectivity index (χ0n) is 11.9. The molecule has 3 rings (SSSR count). The van der Waals surface area contributed by atoms with E-state index >= 15 is 0 Å². The molecule has 2 aromatic rings. The maximum absolute atomic E-state index is 6.08. The van der Waals surface area contributed by atoms with E-state index in [0.717, 1.165) is 42.8 Å². The molecule has 0 bridgehead atoms. The Morgan fingerprint density at radius 3 is 2.85 bits per heavy atom. The van der Waals surface area contributed by atoms with E-state index in [0.29, 0.717) is 11.3 Å². The van der Waals surface area contributed by atoms with E-state index in [1.807, 2.05) is 18.2 Å². The van der Waals surface area contributed by atoms with Crippen LogP contribution in [0.4, 0.5) is 5.82 Å². The second-order valence-electron chi connectivity index (χ2n) is 5.32. The number of nitrogens with zero attached hydrogens (tertiary/aromatic N) is 4. The predicted octanol–water partition coefficient (Wildman–Crippen LogP) is 2.81. The first-order valence-corrected chi connectivity index (χ1v) is 7.44. The Balaban J connectivity index is 2.01. The molecule has 20 heavy (non-hydrogen) atoms. The smallest absolute Gasteiger partial charge is 0.224 e. The van der Waals surface area contributed by atoms with E-state index in [4.69, 9.17) is 11.6 Å². The van der Waals surface area contributed by atoms with Gasteiger partial charge in [-0.3, -0.25) is 4.90 Å². The summed E-state index contributed by atoms with van der Waals surface area (Å²) in [6.45, 7) is 5.25. The number of benzene rings is 1. The Morgan fingerprint density at radius 2 is 2.05 bits per heavy atom. The van der Waals surface area contributed by atoms with Gasteiger partial charge in [0.1, 0.15) is 5.82 Å². The molecular formula is C15H19ClN4. The molecule has 1 atom stereocenters. The fraction of sp³-hybridized carbons (Fsp3) is 0.467. The van der Waals surface area contributed by atoms with Gasteiger partial charge in [0, 0.05) is 31.1 Å². The number of fused-ring (bicyclic) bond motifs is 1. The van der Waals surface area contributed by atoms with Gasteiger partial charge in [-0.25, -0.2) is 4.98 Å². The molecule has 4 nitrogen and oxygen atoms in total. The number of hydrogen-bond acceptors (Lipinski definition) is 4. The van der Waals surface area contributed by atoms with E-state index in [9.17, 15) is 0 Å². The van der Waals surface area contributed by atoms with Crippen molar-refractivity contribution >= 4 is 28.3 Å². The molecule has 1 saturated heterocycles. The van der Waals surface area contributed by atoms with Crippen LogP contribution in [0.2, 0.25) is 5.28 Å². The van der Waals surface area contributed by atoms with E-state index < -0.39 is 0 Å². The van der Waals surface area contributed by atoms with Crippen LogP contribution in [0.15, 0.2) is 24.3 Å². The zero-order valence-corrected chi connectivity index (χ0v) is 12.6. The van der Waals surface area contributed by atoms with Crippen LogP contribution in [0.1, 0.15) is 13.3 Å². The van der Waals surface area contributed by atoms with Crippen LogP contribution in [-0.2, 0) is 0 Å². The second kappa shape index (κ2) is 5.54. The number of anilines is 1. The largest absolute Gasteiger partial charge is 0.353 e. The first-order chi connectivity index (χ1) is 9.69. The average molecular weight is 291 g/mol. The summed E-state index contributed by atoms with van der Waals surface area (Å²) in [6.07, 6.45) is 1.14. The van der Waals surface area contributed by atoms with Crippen LogP contribution in [0.25, 0.3) is 10.9 Å². The van der Waals surface area contributed by atoms with Crippen molar-refractivity contribution in [1.82, 2.24) is 14.9 Å². The molecule has 1 aliphatic rings. The Hall–Kier alpha value is -1.39. The van der Waals surface area contributed by atoms with Gasteiger partial charge in [-0.1, -0.05) is 19.1 Å². The highest BCUT2D eigenvalue weighted by atomic mass is 35.5. The summed E-state index contributed by atoms with van der Waals surface area (Å²) in [5, 5.41) is 1.40. The van der Waals surface area contributed by atoms with Crippen molar-refractivity contribution in [2.75, 3.05) is 31.6 Å². The minimum absolute atomic E-state index is 0.325. The van der Waals surface area contributed by atoms with Crippen molar-refractivity contribution in [3.05, 3.63) is 29.5 Å². The van der Waals surface area contributed by atoms with E-state index in [1.165, 1.54) is 0 Å². The van der Waals surface area contributed by atoms with E-state index in [-0.39, 0.29) is 0 Å². The number of aromatic nitrogens is 2. The number of likely N-dealkylation sites (N-methyl/N-ethyl adjacent to an activating group) is 1. The Kier molecular flexibility index (Phi) is 3.76. The zero-order chi connectivity index (χ0) is 14.1. The molecule has 1 unspecified atom stereocenters. The molecule has 1 aromatic heterocycles. The molecule has 0 spiro atoms. The fourth-order valence-electron chi connectivity index (χ4n) is 2.85. The van der Waals surface area contributed by atoms with Gasteiger partial charge in [-0.05, 0) is 37.2 Å². The van der Waals surface area contributed by atoms with Gasteiger partial charge in [-0.2, -0.15) is 4.98 Å².